The maximum absolute atomic E-state index is 12.6. The van der Waals surface area contributed by atoms with E-state index in [2.05, 4.69) is 12.2 Å². The van der Waals surface area contributed by atoms with E-state index in [4.69, 9.17) is 4.74 Å². The zero-order valence-corrected chi connectivity index (χ0v) is 11.3. The molecule has 2 heteroatoms. The zero-order chi connectivity index (χ0) is 13.3. The molecule has 0 N–H and O–H groups in total. The molecule has 5 aliphatic rings. The first-order valence-corrected chi connectivity index (χ1v) is 7.78. The Kier molecular flexibility index (Phi) is 2.09. The van der Waals surface area contributed by atoms with Crippen molar-refractivity contribution in [1.29, 1.82) is 0 Å². The van der Waals surface area contributed by atoms with Crippen LogP contribution in [0.5, 0.6) is 5.75 Å². The minimum Gasteiger partial charge on any atom is -0.426 e. The van der Waals surface area contributed by atoms with Crippen LogP contribution in [0, 0.1) is 41.4 Å². The predicted molar refractivity (Wildman–Crippen MR) is 74.9 cm³/mol. The Bertz CT molecular complexity index is 569. The molecule has 5 aliphatic carbocycles. The molecule has 0 amide bonds. The normalized spacial score (nSPS) is 46.1. The van der Waals surface area contributed by atoms with E-state index in [-0.39, 0.29) is 11.9 Å². The molecule has 1 aromatic carbocycles. The van der Waals surface area contributed by atoms with Crippen LogP contribution in [0.2, 0.25) is 0 Å². The minimum atomic E-state index is 0.0330. The van der Waals surface area contributed by atoms with Crippen molar-refractivity contribution in [1.82, 2.24) is 0 Å². The van der Waals surface area contributed by atoms with Crippen molar-refractivity contribution in [2.75, 3.05) is 0 Å². The zero-order valence-electron chi connectivity index (χ0n) is 11.3. The average molecular weight is 266 g/mol. The molecule has 7 atom stereocenters. The van der Waals surface area contributed by atoms with Gasteiger partial charge in [0.05, 0.1) is 5.92 Å². The van der Waals surface area contributed by atoms with Crippen LogP contribution in [0.15, 0.2) is 42.5 Å². The average Bonchev–Trinajstić information content (AvgIpc) is 2.87. The third kappa shape index (κ3) is 1.27. The molecule has 0 aliphatic heterocycles. The van der Waals surface area contributed by atoms with E-state index in [1.807, 2.05) is 30.3 Å². The highest BCUT2D eigenvalue weighted by atomic mass is 16.5. The second kappa shape index (κ2) is 3.75. The van der Waals surface area contributed by atoms with Crippen molar-refractivity contribution in [2.45, 2.75) is 12.8 Å². The summed E-state index contributed by atoms with van der Waals surface area (Å²) in [5.41, 5.74) is 0. The molecule has 2 nitrogen and oxygen atoms in total. The van der Waals surface area contributed by atoms with Crippen molar-refractivity contribution in [3.8, 4) is 5.75 Å². The second-order valence-corrected chi connectivity index (χ2v) is 6.84. The number of hydrogen-bond donors (Lipinski definition) is 0. The molecule has 6 bridgehead atoms. The molecule has 0 heterocycles. The molecule has 6 rings (SSSR count). The van der Waals surface area contributed by atoms with E-state index >= 15 is 0 Å². The lowest BCUT2D eigenvalue weighted by Crippen LogP contribution is -2.27. The van der Waals surface area contributed by atoms with Crippen molar-refractivity contribution in [3.63, 3.8) is 0 Å². The van der Waals surface area contributed by atoms with Gasteiger partial charge in [0.25, 0.3) is 0 Å². The number of carbonyl (C=O) groups is 1. The number of rotatable bonds is 2. The van der Waals surface area contributed by atoms with Gasteiger partial charge in [0, 0.05) is 0 Å². The molecule has 0 saturated heterocycles. The molecule has 4 saturated carbocycles. The fourth-order valence-corrected chi connectivity index (χ4v) is 5.75. The molecule has 2 unspecified atom stereocenters. The molecular formula is C18H18O2. The Labute approximate surface area is 118 Å². The molecule has 4 fully saturated rings. The van der Waals surface area contributed by atoms with Gasteiger partial charge in [0.1, 0.15) is 5.75 Å². The van der Waals surface area contributed by atoms with Crippen LogP contribution < -0.4 is 4.74 Å². The standard InChI is InChI=1S/C18H18O2/c19-18(20-10-6-2-1-3-7-10)17-13-11-8-4-5-9-12(13)15-14(11)16(15)17/h1-7,11-17H,8-9H2/t11-,12+,13?,14+,15-,16?,17-/m0/s1. The maximum atomic E-state index is 12.6. The lowest BCUT2D eigenvalue weighted by atomic mass is 9.85. The highest BCUT2D eigenvalue weighted by Gasteiger charge is 2.78. The van der Waals surface area contributed by atoms with Gasteiger partial charge in [-0.2, -0.15) is 0 Å². The van der Waals surface area contributed by atoms with E-state index in [0.717, 1.165) is 23.7 Å². The van der Waals surface area contributed by atoms with Crippen molar-refractivity contribution in [3.05, 3.63) is 42.5 Å². The van der Waals surface area contributed by atoms with E-state index < -0.39 is 0 Å². The van der Waals surface area contributed by atoms with Crippen LogP contribution in [0.1, 0.15) is 12.8 Å². The van der Waals surface area contributed by atoms with E-state index in [1.165, 1.54) is 12.8 Å². The molecular weight excluding hydrogens is 248 g/mol. The van der Waals surface area contributed by atoms with E-state index in [9.17, 15) is 4.79 Å². The first kappa shape index (κ1) is 11.1. The van der Waals surface area contributed by atoms with Crippen LogP contribution in [0.3, 0.4) is 0 Å². The Morgan fingerprint density at radius 1 is 0.900 bits per heavy atom. The van der Waals surface area contributed by atoms with Crippen LogP contribution in [0.25, 0.3) is 0 Å². The molecule has 20 heavy (non-hydrogen) atoms. The summed E-state index contributed by atoms with van der Waals surface area (Å²) in [4.78, 5) is 12.6. The van der Waals surface area contributed by atoms with Gasteiger partial charge in [-0.3, -0.25) is 4.79 Å². The first-order valence-electron chi connectivity index (χ1n) is 7.78. The minimum absolute atomic E-state index is 0.0330. The number of carbonyl (C=O) groups excluding carboxylic acids is 1. The molecule has 0 radical (unpaired) electrons. The van der Waals surface area contributed by atoms with Crippen LogP contribution in [-0.2, 0) is 4.79 Å². The van der Waals surface area contributed by atoms with E-state index in [1.54, 1.807) is 0 Å². The monoisotopic (exact) mass is 266 g/mol. The van der Waals surface area contributed by atoms with Gasteiger partial charge in [0.15, 0.2) is 0 Å². The van der Waals surface area contributed by atoms with Gasteiger partial charge in [-0.1, -0.05) is 30.4 Å². The summed E-state index contributed by atoms with van der Waals surface area (Å²) in [5.74, 6) is 5.36. The highest BCUT2D eigenvalue weighted by Crippen LogP contribution is 2.80. The number of hydrogen-bond acceptors (Lipinski definition) is 2. The number of para-hydroxylation sites is 1. The quantitative estimate of drug-likeness (QED) is 0.466. The Balaban J connectivity index is 1.40. The van der Waals surface area contributed by atoms with Gasteiger partial charge < -0.3 is 4.74 Å². The van der Waals surface area contributed by atoms with Crippen LogP contribution >= 0.6 is 0 Å². The smallest absolute Gasteiger partial charge is 0.314 e. The van der Waals surface area contributed by atoms with Gasteiger partial charge in [0.2, 0.25) is 0 Å². The number of benzene rings is 1. The highest BCUT2D eigenvalue weighted by molar-refractivity contribution is 5.78. The molecule has 1 aromatic rings. The SMILES string of the molecule is O=C(Oc1ccccc1)[C@@H]1C2[C@@H]3[C@H]2[C@H]2CC=CC[C@@H]3C12. The van der Waals surface area contributed by atoms with Crippen molar-refractivity contribution >= 4 is 5.97 Å². The third-order valence-electron chi connectivity index (χ3n) is 6.22. The number of esters is 1. The summed E-state index contributed by atoms with van der Waals surface area (Å²) in [6.45, 7) is 0. The Morgan fingerprint density at radius 2 is 1.55 bits per heavy atom. The summed E-state index contributed by atoms with van der Waals surface area (Å²) in [6.07, 6.45) is 7.06. The van der Waals surface area contributed by atoms with Gasteiger partial charge in [-0.25, -0.2) is 0 Å². The summed E-state index contributed by atoms with van der Waals surface area (Å²) in [6, 6.07) is 9.52. The van der Waals surface area contributed by atoms with Crippen molar-refractivity contribution in [2.24, 2.45) is 41.4 Å². The predicted octanol–water partition coefficient (Wildman–Crippen LogP) is 3.30. The number of ether oxygens (including phenoxy) is 1. The fourth-order valence-electron chi connectivity index (χ4n) is 5.75. The fraction of sp³-hybridized carbons (Fsp3) is 0.500. The lowest BCUT2D eigenvalue weighted by molar-refractivity contribution is -0.140. The molecule has 0 spiro atoms. The van der Waals surface area contributed by atoms with Crippen molar-refractivity contribution < 1.29 is 9.53 Å². The van der Waals surface area contributed by atoms with Crippen LogP contribution in [0.4, 0.5) is 0 Å². The summed E-state index contributed by atoms with van der Waals surface area (Å²) >= 11 is 0. The lowest BCUT2D eigenvalue weighted by Gasteiger charge is -2.21. The Morgan fingerprint density at radius 3 is 2.20 bits per heavy atom. The van der Waals surface area contributed by atoms with Gasteiger partial charge in [-0.15, -0.1) is 0 Å². The largest absolute Gasteiger partial charge is 0.426 e. The molecule has 0 aromatic heterocycles. The first-order chi connectivity index (χ1) is 9.86. The topological polar surface area (TPSA) is 26.3 Å². The third-order valence-corrected chi connectivity index (χ3v) is 6.22. The summed E-state index contributed by atoms with van der Waals surface area (Å²) < 4.78 is 5.64. The van der Waals surface area contributed by atoms with E-state index in [0.29, 0.717) is 17.6 Å². The Hall–Kier alpha value is -1.57. The van der Waals surface area contributed by atoms with Gasteiger partial charge in [-0.05, 0) is 60.5 Å². The van der Waals surface area contributed by atoms with Crippen LogP contribution in [-0.4, -0.2) is 5.97 Å². The number of allylic oxidation sites excluding steroid dienone is 2. The maximum Gasteiger partial charge on any atom is 0.314 e. The summed E-state index contributed by atoms with van der Waals surface area (Å²) in [7, 11) is 0. The summed E-state index contributed by atoms with van der Waals surface area (Å²) in [5, 5.41) is 0. The molecule has 102 valence electrons. The second-order valence-electron chi connectivity index (χ2n) is 6.84. The van der Waals surface area contributed by atoms with Gasteiger partial charge >= 0.3 is 5.97 Å².